The third-order valence-corrected chi connectivity index (χ3v) is 4.31. The summed E-state index contributed by atoms with van der Waals surface area (Å²) >= 11 is 0. The van der Waals surface area contributed by atoms with Crippen LogP contribution in [0.15, 0.2) is 91.1 Å². The Morgan fingerprint density at radius 2 is 1.62 bits per heavy atom. The zero-order valence-corrected chi connectivity index (χ0v) is 14.8. The van der Waals surface area contributed by atoms with E-state index in [9.17, 15) is 4.79 Å². The molecule has 1 aromatic carbocycles. The average molecular weight is 344 g/mol. The maximum Gasteiger partial charge on any atom is 0.251 e. The van der Waals surface area contributed by atoms with E-state index in [2.05, 4.69) is 34.9 Å². The summed E-state index contributed by atoms with van der Waals surface area (Å²) in [5, 5.41) is 6.34. The van der Waals surface area contributed by atoms with E-state index in [-0.39, 0.29) is 11.9 Å². The topological polar surface area (TPSA) is 41.1 Å². The minimum Gasteiger partial charge on any atom is -0.348 e. The molecule has 0 aromatic heterocycles. The molecule has 1 aromatic rings. The van der Waals surface area contributed by atoms with Gasteiger partial charge in [-0.15, -0.1) is 0 Å². The van der Waals surface area contributed by atoms with Gasteiger partial charge in [-0.1, -0.05) is 78.9 Å². The molecule has 1 aliphatic heterocycles. The molecule has 1 atom stereocenters. The summed E-state index contributed by atoms with van der Waals surface area (Å²) < 4.78 is 0. The molecule has 3 heteroatoms. The van der Waals surface area contributed by atoms with Gasteiger partial charge in [0, 0.05) is 18.2 Å². The predicted octanol–water partition coefficient (Wildman–Crippen LogP) is 3.97. The molecule has 1 heterocycles. The van der Waals surface area contributed by atoms with Gasteiger partial charge in [0.25, 0.3) is 5.91 Å². The van der Waals surface area contributed by atoms with E-state index in [1.54, 1.807) is 0 Å². The lowest BCUT2D eigenvalue weighted by molar-refractivity contribution is 0.0940. The highest BCUT2D eigenvalue weighted by Gasteiger charge is 2.16. The summed E-state index contributed by atoms with van der Waals surface area (Å²) in [4.78, 5) is 12.4. The van der Waals surface area contributed by atoms with Crippen LogP contribution in [0.3, 0.4) is 0 Å². The Bertz CT molecular complexity index is 783. The standard InChI is InChI=1S/C23H24N2O/c26-23(25-22-16-17-24-18-22)21-14-8-6-12-20(13-7-9-15-21)19-10-4-2-1-3-5-11-19/h1-15,22,24H,16-18H2,(H,25,26)/b2-1-,3-1?,4-2?,5-3-,8-6?,9-7?,10-4?,11-5?,12-6?,13-7?,14-8?,15-9?,19-10?,19-11?,20-12?,20-13?,21-14?,21-15?/t22-/m1/s1. The third-order valence-electron chi connectivity index (χ3n) is 4.31. The Hall–Kier alpha value is -2.91. The number of rotatable bonds is 3. The highest BCUT2D eigenvalue weighted by molar-refractivity contribution is 5.94. The van der Waals surface area contributed by atoms with Crippen molar-refractivity contribution in [2.75, 3.05) is 13.1 Å². The summed E-state index contributed by atoms with van der Waals surface area (Å²) in [5.74, 6) is -0.0274. The normalized spacial score (nSPS) is 20.9. The molecule has 0 bridgehead atoms. The van der Waals surface area contributed by atoms with E-state index in [4.69, 9.17) is 0 Å². The van der Waals surface area contributed by atoms with Crippen molar-refractivity contribution in [2.24, 2.45) is 0 Å². The Balaban J connectivity index is 1.81. The largest absolute Gasteiger partial charge is 0.348 e. The fourth-order valence-corrected chi connectivity index (χ4v) is 2.90. The fraction of sp³-hybridized carbons (Fsp3) is 0.174. The average Bonchev–Trinajstić information content (AvgIpc) is 3.12. The van der Waals surface area contributed by atoms with Crippen LogP contribution in [0.1, 0.15) is 22.3 Å². The number of hydrogen-bond donors (Lipinski definition) is 2. The van der Waals surface area contributed by atoms with Crippen LogP contribution >= 0.6 is 0 Å². The van der Waals surface area contributed by atoms with E-state index in [0.717, 1.165) is 30.6 Å². The molecule has 1 amide bonds. The van der Waals surface area contributed by atoms with Crippen LogP contribution in [0.4, 0.5) is 0 Å². The lowest BCUT2D eigenvalue weighted by atomic mass is 10.0. The van der Waals surface area contributed by atoms with Crippen molar-refractivity contribution in [1.29, 1.82) is 0 Å². The molecule has 2 N–H and O–H groups in total. The van der Waals surface area contributed by atoms with Crippen molar-refractivity contribution in [3.8, 4) is 0 Å². The molecule has 0 radical (unpaired) electrons. The van der Waals surface area contributed by atoms with Crippen LogP contribution < -0.4 is 10.6 Å². The zero-order chi connectivity index (χ0) is 18.0. The number of amides is 1. The van der Waals surface area contributed by atoms with E-state index in [1.807, 2.05) is 66.8 Å². The second kappa shape index (κ2) is 9.54. The molecule has 26 heavy (non-hydrogen) atoms. The van der Waals surface area contributed by atoms with Gasteiger partial charge in [0.2, 0.25) is 0 Å². The van der Waals surface area contributed by atoms with Crippen LogP contribution in [0.25, 0.3) is 5.57 Å². The first kappa shape index (κ1) is 17.9. The van der Waals surface area contributed by atoms with Gasteiger partial charge in [-0.3, -0.25) is 4.79 Å². The quantitative estimate of drug-likeness (QED) is 0.871. The van der Waals surface area contributed by atoms with Crippen molar-refractivity contribution in [3.05, 3.63) is 102 Å². The summed E-state index contributed by atoms with van der Waals surface area (Å²) in [6.45, 7) is 1.81. The van der Waals surface area contributed by atoms with Gasteiger partial charge >= 0.3 is 0 Å². The van der Waals surface area contributed by atoms with Gasteiger partial charge in [0.1, 0.15) is 0 Å². The Labute approximate surface area is 155 Å². The van der Waals surface area contributed by atoms with Gasteiger partial charge in [0.15, 0.2) is 0 Å². The van der Waals surface area contributed by atoms with Crippen molar-refractivity contribution < 1.29 is 4.79 Å². The molecule has 1 saturated heterocycles. The van der Waals surface area contributed by atoms with Crippen molar-refractivity contribution >= 4 is 11.5 Å². The molecule has 1 fully saturated rings. The van der Waals surface area contributed by atoms with Crippen molar-refractivity contribution in [3.63, 3.8) is 0 Å². The fourth-order valence-electron chi connectivity index (χ4n) is 2.90. The summed E-state index contributed by atoms with van der Waals surface area (Å²) in [6, 6.07) is 15.8. The predicted molar refractivity (Wildman–Crippen MR) is 108 cm³/mol. The van der Waals surface area contributed by atoms with Crippen molar-refractivity contribution in [1.82, 2.24) is 10.6 Å². The molecule has 0 saturated carbocycles. The Kier molecular flexibility index (Phi) is 6.57. The maximum atomic E-state index is 12.4. The van der Waals surface area contributed by atoms with Gasteiger partial charge < -0.3 is 10.6 Å². The van der Waals surface area contributed by atoms with Crippen LogP contribution in [0.2, 0.25) is 0 Å². The number of nitrogens with one attached hydrogen (secondary N) is 2. The van der Waals surface area contributed by atoms with Crippen molar-refractivity contribution in [2.45, 2.75) is 12.5 Å². The summed E-state index contributed by atoms with van der Waals surface area (Å²) in [5.41, 5.74) is 2.91. The minimum atomic E-state index is -0.0274. The Morgan fingerprint density at radius 1 is 0.923 bits per heavy atom. The molecule has 0 unspecified atom stereocenters. The SMILES string of the molecule is O=C(N[C@@H]1CCNC1)c1ccccc(C2=C/C=C\C=C/C=C2)cccc1. The molecular formula is C23H24N2O. The van der Waals surface area contributed by atoms with Crippen LogP contribution in [-0.4, -0.2) is 25.0 Å². The highest BCUT2D eigenvalue weighted by Crippen LogP contribution is 2.15. The molecule has 1 aliphatic carbocycles. The second-order valence-corrected chi connectivity index (χ2v) is 6.26. The number of carbonyl (C=O) groups excluding carboxylic acids is 1. The van der Waals surface area contributed by atoms with Gasteiger partial charge in [0.05, 0.1) is 0 Å². The highest BCUT2D eigenvalue weighted by atomic mass is 16.1. The Morgan fingerprint density at radius 3 is 2.35 bits per heavy atom. The zero-order valence-electron chi connectivity index (χ0n) is 14.8. The van der Waals surface area contributed by atoms with Gasteiger partial charge in [-0.2, -0.15) is 0 Å². The van der Waals surface area contributed by atoms with Crippen LogP contribution in [0.5, 0.6) is 0 Å². The maximum absolute atomic E-state index is 12.4. The molecule has 3 rings (SSSR count). The molecular weight excluding hydrogens is 320 g/mol. The molecule has 2 aliphatic rings. The first-order valence-electron chi connectivity index (χ1n) is 9.00. The minimum absolute atomic E-state index is 0.0274. The monoisotopic (exact) mass is 344 g/mol. The summed E-state index contributed by atoms with van der Waals surface area (Å²) in [6.07, 6.45) is 15.2. The molecule has 0 spiro atoms. The van der Waals surface area contributed by atoms with E-state index in [0.29, 0.717) is 5.56 Å². The van der Waals surface area contributed by atoms with Gasteiger partial charge in [-0.25, -0.2) is 0 Å². The third kappa shape index (κ3) is 5.30. The first-order chi connectivity index (χ1) is 12.8. The summed E-state index contributed by atoms with van der Waals surface area (Å²) in [7, 11) is 0. The van der Waals surface area contributed by atoms with Crippen LogP contribution in [-0.2, 0) is 0 Å². The lowest BCUT2D eigenvalue weighted by Crippen LogP contribution is -2.36. The molecule has 132 valence electrons. The number of allylic oxidation sites excluding steroid dienone is 8. The van der Waals surface area contributed by atoms with Crippen LogP contribution in [0, 0.1) is 0 Å². The first-order valence-corrected chi connectivity index (χ1v) is 9.00. The second-order valence-electron chi connectivity index (χ2n) is 6.26. The van der Waals surface area contributed by atoms with E-state index in [1.165, 1.54) is 0 Å². The lowest BCUT2D eigenvalue weighted by Gasteiger charge is -2.10. The number of carbonyl (C=O) groups is 1. The van der Waals surface area contributed by atoms with E-state index >= 15 is 0 Å². The smallest absolute Gasteiger partial charge is 0.251 e. The van der Waals surface area contributed by atoms with E-state index < -0.39 is 0 Å². The molecule has 3 nitrogen and oxygen atoms in total. The van der Waals surface area contributed by atoms with Gasteiger partial charge in [-0.05, 0) is 36.2 Å². The number of hydrogen-bond acceptors (Lipinski definition) is 2.